The summed E-state index contributed by atoms with van der Waals surface area (Å²) in [6.45, 7) is 1.93. The van der Waals surface area contributed by atoms with Crippen LogP contribution in [0.1, 0.15) is 40.9 Å². The van der Waals surface area contributed by atoms with Crippen LogP contribution in [0.2, 0.25) is 0 Å². The zero-order chi connectivity index (χ0) is 16.7. The van der Waals surface area contributed by atoms with Crippen LogP contribution >= 0.6 is 0 Å². The molecule has 2 heterocycles. The van der Waals surface area contributed by atoms with Crippen molar-refractivity contribution in [2.75, 3.05) is 5.32 Å². The van der Waals surface area contributed by atoms with Gasteiger partial charge in [0.15, 0.2) is 11.6 Å². The molecule has 1 aliphatic rings. The zero-order valence-electron chi connectivity index (χ0n) is 12.8. The largest absolute Gasteiger partial charge is 0.507 e. The minimum Gasteiger partial charge on any atom is -0.507 e. The summed E-state index contributed by atoms with van der Waals surface area (Å²) in [5.74, 6) is -2.14. The SMILES string of the molecule is CC1CCc2c1c(O)c(C(=O)Nc1ncccc1F)c(=O)n2C. The van der Waals surface area contributed by atoms with Crippen molar-refractivity contribution in [3.63, 3.8) is 0 Å². The van der Waals surface area contributed by atoms with E-state index in [0.29, 0.717) is 12.0 Å². The third-order valence-corrected chi connectivity index (χ3v) is 4.25. The number of pyridine rings is 2. The summed E-state index contributed by atoms with van der Waals surface area (Å²) < 4.78 is 15.0. The third-order valence-electron chi connectivity index (χ3n) is 4.25. The van der Waals surface area contributed by atoms with Gasteiger partial charge in [-0.1, -0.05) is 6.92 Å². The number of aromatic hydroxyl groups is 1. The van der Waals surface area contributed by atoms with E-state index >= 15 is 0 Å². The highest BCUT2D eigenvalue weighted by molar-refractivity contribution is 6.05. The van der Waals surface area contributed by atoms with Crippen LogP contribution in [0.3, 0.4) is 0 Å². The van der Waals surface area contributed by atoms with Gasteiger partial charge in [-0.2, -0.15) is 0 Å². The Kier molecular flexibility index (Phi) is 3.63. The Hall–Kier alpha value is -2.70. The Labute approximate surface area is 131 Å². The first kappa shape index (κ1) is 15.2. The van der Waals surface area contributed by atoms with Crippen LogP contribution in [-0.4, -0.2) is 20.6 Å². The Morgan fingerprint density at radius 3 is 2.96 bits per heavy atom. The smallest absolute Gasteiger partial charge is 0.267 e. The van der Waals surface area contributed by atoms with E-state index in [2.05, 4.69) is 10.3 Å². The number of fused-ring (bicyclic) bond motifs is 1. The van der Waals surface area contributed by atoms with Gasteiger partial charge in [0, 0.05) is 24.5 Å². The topological polar surface area (TPSA) is 84.2 Å². The number of carbonyl (C=O) groups is 1. The van der Waals surface area contributed by atoms with Gasteiger partial charge in [0.2, 0.25) is 0 Å². The molecule has 3 rings (SSSR count). The van der Waals surface area contributed by atoms with Crippen LogP contribution in [0.5, 0.6) is 5.75 Å². The normalized spacial score (nSPS) is 16.2. The standard InChI is InChI=1S/C16H16FN3O3/c1-8-5-6-10-11(8)13(21)12(16(23)20(10)2)15(22)19-14-9(17)4-3-7-18-14/h3-4,7-8,21H,5-6H2,1-2H3,(H,18,19,22). The molecule has 0 fully saturated rings. The lowest BCUT2D eigenvalue weighted by Crippen LogP contribution is -2.30. The molecule has 0 saturated heterocycles. The number of anilines is 1. The number of halogens is 1. The van der Waals surface area contributed by atoms with Gasteiger partial charge in [-0.25, -0.2) is 9.37 Å². The van der Waals surface area contributed by atoms with E-state index < -0.39 is 17.3 Å². The molecule has 23 heavy (non-hydrogen) atoms. The first-order valence-corrected chi connectivity index (χ1v) is 7.28. The summed E-state index contributed by atoms with van der Waals surface area (Å²) in [7, 11) is 1.57. The maximum atomic E-state index is 13.6. The summed E-state index contributed by atoms with van der Waals surface area (Å²) in [6.07, 6.45) is 2.80. The molecule has 0 radical (unpaired) electrons. The molecule has 120 valence electrons. The van der Waals surface area contributed by atoms with Crippen LogP contribution in [0.15, 0.2) is 23.1 Å². The summed E-state index contributed by atoms with van der Waals surface area (Å²) in [5, 5.41) is 12.7. The second-order valence-corrected chi connectivity index (χ2v) is 5.68. The Morgan fingerprint density at radius 1 is 1.52 bits per heavy atom. The van der Waals surface area contributed by atoms with E-state index in [9.17, 15) is 19.1 Å². The predicted molar refractivity (Wildman–Crippen MR) is 82.2 cm³/mol. The maximum absolute atomic E-state index is 13.6. The quantitative estimate of drug-likeness (QED) is 0.886. The molecule has 1 unspecified atom stereocenters. The lowest BCUT2D eigenvalue weighted by molar-refractivity contribution is 0.102. The van der Waals surface area contributed by atoms with E-state index in [-0.39, 0.29) is 23.0 Å². The van der Waals surface area contributed by atoms with Crippen LogP contribution in [0, 0.1) is 5.82 Å². The lowest BCUT2D eigenvalue weighted by atomic mass is 10.0. The van der Waals surface area contributed by atoms with Crippen LogP contribution in [-0.2, 0) is 13.5 Å². The van der Waals surface area contributed by atoms with Crippen molar-refractivity contribution in [1.82, 2.24) is 9.55 Å². The first-order chi connectivity index (χ1) is 10.9. The fourth-order valence-electron chi connectivity index (χ4n) is 3.01. The predicted octanol–water partition coefficient (Wildman–Crippen LogP) is 1.93. The summed E-state index contributed by atoms with van der Waals surface area (Å²) in [6, 6.07) is 2.53. The second kappa shape index (κ2) is 5.49. The van der Waals surface area contributed by atoms with Crippen molar-refractivity contribution in [3.8, 4) is 5.75 Å². The maximum Gasteiger partial charge on any atom is 0.267 e. The zero-order valence-corrected chi connectivity index (χ0v) is 12.8. The van der Waals surface area contributed by atoms with Crippen molar-refractivity contribution in [2.45, 2.75) is 25.7 Å². The van der Waals surface area contributed by atoms with Gasteiger partial charge >= 0.3 is 0 Å². The lowest BCUT2D eigenvalue weighted by Gasteiger charge is -2.15. The molecule has 2 N–H and O–H groups in total. The molecule has 7 heteroatoms. The molecule has 1 aliphatic carbocycles. The van der Waals surface area contributed by atoms with E-state index in [1.165, 1.54) is 16.8 Å². The fourth-order valence-corrected chi connectivity index (χ4v) is 3.01. The molecule has 0 aromatic carbocycles. The number of carbonyl (C=O) groups excluding carboxylic acids is 1. The summed E-state index contributed by atoms with van der Waals surface area (Å²) >= 11 is 0. The van der Waals surface area contributed by atoms with Gasteiger partial charge in [-0.05, 0) is 30.9 Å². The van der Waals surface area contributed by atoms with Crippen LogP contribution in [0.25, 0.3) is 0 Å². The molecule has 0 bridgehead atoms. The van der Waals surface area contributed by atoms with Gasteiger partial charge in [0.1, 0.15) is 11.3 Å². The van der Waals surface area contributed by atoms with Crippen LogP contribution < -0.4 is 10.9 Å². The number of nitrogens with one attached hydrogen (secondary N) is 1. The Morgan fingerprint density at radius 2 is 2.26 bits per heavy atom. The molecule has 6 nitrogen and oxygen atoms in total. The minimum absolute atomic E-state index is 0.0509. The van der Waals surface area contributed by atoms with Crippen molar-refractivity contribution in [2.24, 2.45) is 7.05 Å². The van der Waals surface area contributed by atoms with Crippen molar-refractivity contribution in [1.29, 1.82) is 0 Å². The molecular formula is C16H16FN3O3. The summed E-state index contributed by atoms with van der Waals surface area (Å²) in [4.78, 5) is 28.5. The summed E-state index contributed by atoms with van der Waals surface area (Å²) in [5.41, 5.74) is 0.355. The molecule has 2 aromatic rings. The van der Waals surface area contributed by atoms with E-state index in [0.717, 1.165) is 18.2 Å². The minimum atomic E-state index is -0.873. The second-order valence-electron chi connectivity index (χ2n) is 5.68. The van der Waals surface area contributed by atoms with Gasteiger partial charge in [0.05, 0.1) is 0 Å². The fraction of sp³-hybridized carbons (Fsp3) is 0.312. The molecule has 2 aromatic heterocycles. The van der Waals surface area contributed by atoms with Crippen molar-refractivity contribution >= 4 is 11.7 Å². The van der Waals surface area contributed by atoms with Crippen molar-refractivity contribution < 1.29 is 14.3 Å². The molecule has 0 spiro atoms. The van der Waals surface area contributed by atoms with Gasteiger partial charge in [0.25, 0.3) is 11.5 Å². The number of hydrogen-bond donors (Lipinski definition) is 2. The highest BCUT2D eigenvalue weighted by Gasteiger charge is 2.31. The third kappa shape index (κ3) is 2.38. The number of nitrogens with zero attached hydrogens (tertiary/aromatic N) is 2. The molecule has 0 aliphatic heterocycles. The van der Waals surface area contributed by atoms with E-state index in [1.807, 2.05) is 6.92 Å². The average Bonchev–Trinajstić information content (AvgIpc) is 2.90. The molecule has 0 saturated carbocycles. The Balaban J connectivity index is 2.09. The van der Waals surface area contributed by atoms with Crippen LogP contribution in [0.4, 0.5) is 10.2 Å². The molecular weight excluding hydrogens is 301 g/mol. The number of rotatable bonds is 2. The highest BCUT2D eigenvalue weighted by atomic mass is 19.1. The highest BCUT2D eigenvalue weighted by Crippen LogP contribution is 2.39. The molecule has 1 atom stereocenters. The molecule has 1 amide bonds. The van der Waals surface area contributed by atoms with Gasteiger partial charge < -0.3 is 15.0 Å². The monoisotopic (exact) mass is 317 g/mol. The van der Waals surface area contributed by atoms with E-state index in [1.54, 1.807) is 7.05 Å². The number of aromatic nitrogens is 2. The number of amides is 1. The van der Waals surface area contributed by atoms with Gasteiger partial charge in [-0.15, -0.1) is 0 Å². The first-order valence-electron chi connectivity index (χ1n) is 7.28. The van der Waals surface area contributed by atoms with Crippen molar-refractivity contribution in [3.05, 3.63) is 51.3 Å². The van der Waals surface area contributed by atoms with E-state index in [4.69, 9.17) is 0 Å². The van der Waals surface area contributed by atoms with Gasteiger partial charge in [-0.3, -0.25) is 9.59 Å². The average molecular weight is 317 g/mol. The number of hydrogen-bond acceptors (Lipinski definition) is 4. The Bertz CT molecular complexity index is 860.